The van der Waals surface area contributed by atoms with Crippen LogP contribution in [-0.4, -0.2) is 11.9 Å². The Labute approximate surface area is 102 Å². The topological polar surface area (TPSA) is 29.1 Å². The van der Waals surface area contributed by atoms with Gasteiger partial charge >= 0.3 is 0 Å². The van der Waals surface area contributed by atoms with Crippen LogP contribution < -0.4 is 5.32 Å². The Hall–Kier alpha value is -0.540. The Morgan fingerprint density at radius 1 is 1.47 bits per heavy atom. The summed E-state index contributed by atoms with van der Waals surface area (Å²) in [5.41, 5.74) is 0.651. The molecule has 80 valence electrons. The van der Waals surface area contributed by atoms with E-state index in [0.29, 0.717) is 16.6 Å². The van der Waals surface area contributed by atoms with Crippen LogP contribution in [0.25, 0.3) is 0 Å². The van der Waals surface area contributed by atoms with Gasteiger partial charge in [-0.05, 0) is 53.4 Å². The number of nitrogens with one attached hydrogen (secondary N) is 1. The molecule has 15 heavy (non-hydrogen) atoms. The van der Waals surface area contributed by atoms with Crippen molar-refractivity contribution in [2.75, 3.05) is 0 Å². The maximum Gasteiger partial charge on any atom is 0.251 e. The number of amides is 1. The van der Waals surface area contributed by atoms with Gasteiger partial charge in [0.15, 0.2) is 0 Å². The Morgan fingerprint density at radius 2 is 2.20 bits per heavy atom. The van der Waals surface area contributed by atoms with Crippen molar-refractivity contribution in [3.8, 4) is 0 Å². The minimum Gasteiger partial charge on any atom is -0.349 e. The highest BCUT2D eigenvalue weighted by molar-refractivity contribution is 9.10. The Bertz CT molecular complexity index is 390. The molecule has 1 saturated carbocycles. The summed E-state index contributed by atoms with van der Waals surface area (Å²) in [7, 11) is 0. The fourth-order valence-electron chi connectivity index (χ4n) is 1.46. The van der Waals surface area contributed by atoms with Crippen LogP contribution in [0.15, 0.2) is 22.7 Å². The van der Waals surface area contributed by atoms with Gasteiger partial charge in [-0.1, -0.05) is 11.6 Å². The van der Waals surface area contributed by atoms with Gasteiger partial charge in [-0.15, -0.1) is 0 Å². The first-order valence-electron chi connectivity index (χ1n) is 4.93. The van der Waals surface area contributed by atoms with Crippen molar-refractivity contribution in [1.82, 2.24) is 5.32 Å². The van der Waals surface area contributed by atoms with Gasteiger partial charge in [-0.2, -0.15) is 0 Å². The molecule has 2 rings (SSSR count). The van der Waals surface area contributed by atoms with E-state index in [4.69, 9.17) is 11.6 Å². The highest BCUT2D eigenvalue weighted by atomic mass is 79.9. The fourth-order valence-corrected chi connectivity index (χ4v) is 1.96. The molecule has 0 aliphatic heterocycles. The van der Waals surface area contributed by atoms with Crippen LogP contribution in [0.1, 0.15) is 29.6 Å². The average Bonchev–Trinajstić information content (AvgIpc) is 2.15. The third-order valence-corrected chi connectivity index (χ3v) is 3.84. The number of carbonyl (C=O) groups is 1. The summed E-state index contributed by atoms with van der Waals surface area (Å²) >= 11 is 9.15. The minimum absolute atomic E-state index is 0.0166. The van der Waals surface area contributed by atoms with Crippen molar-refractivity contribution >= 4 is 33.4 Å². The third kappa shape index (κ3) is 2.52. The van der Waals surface area contributed by atoms with E-state index in [2.05, 4.69) is 21.2 Å². The van der Waals surface area contributed by atoms with Gasteiger partial charge in [0.05, 0.1) is 5.02 Å². The summed E-state index contributed by atoms with van der Waals surface area (Å²) in [5, 5.41) is 3.60. The fraction of sp³-hybridized carbons (Fsp3) is 0.364. The second-order valence-corrected chi connectivity index (χ2v) is 4.99. The molecule has 0 saturated heterocycles. The molecule has 1 fully saturated rings. The second kappa shape index (κ2) is 4.54. The Kier molecular flexibility index (Phi) is 3.32. The molecule has 1 aromatic carbocycles. The molecule has 1 aromatic rings. The molecule has 0 radical (unpaired) electrons. The number of hydrogen-bond donors (Lipinski definition) is 1. The van der Waals surface area contributed by atoms with E-state index in [9.17, 15) is 4.79 Å². The summed E-state index contributed by atoms with van der Waals surface area (Å²) in [6.07, 6.45) is 3.41. The molecule has 1 aliphatic carbocycles. The van der Waals surface area contributed by atoms with Crippen LogP contribution in [0.5, 0.6) is 0 Å². The molecular formula is C11H11BrClNO. The standard InChI is InChI=1S/C11H11BrClNO/c12-9-6-7(4-5-10(9)13)11(15)14-8-2-1-3-8/h4-6,8H,1-3H2,(H,14,15). The highest BCUT2D eigenvalue weighted by Crippen LogP contribution is 2.24. The first-order chi connectivity index (χ1) is 7.16. The third-order valence-electron chi connectivity index (χ3n) is 2.62. The maximum atomic E-state index is 11.7. The summed E-state index contributed by atoms with van der Waals surface area (Å²) in [6.45, 7) is 0. The van der Waals surface area contributed by atoms with Crippen molar-refractivity contribution < 1.29 is 4.79 Å². The zero-order chi connectivity index (χ0) is 10.8. The molecule has 0 spiro atoms. The van der Waals surface area contributed by atoms with Gasteiger partial charge < -0.3 is 5.32 Å². The first-order valence-corrected chi connectivity index (χ1v) is 6.10. The smallest absolute Gasteiger partial charge is 0.251 e. The lowest BCUT2D eigenvalue weighted by Gasteiger charge is -2.26. The van der Waals surface area contributed by atoms with Gasteiger partial charge in [0, 0.05) is 16.1 Å². The molecule has 0 bridgehead atoms. The van der Waals surface area contributed by atoms with E-state index in [0.717, 1.165) is 17.3 Å². The first kappa shape index (κ1) is 11.0. The van der Waals surface area contributed by atoms with E-state index in [1.54, 1.807) is 18.2 Å². The molecule has 1 amide bonds. The largest absolute Gasteiger partial charge is 0.349 e. The Balaban J connectivity index is 2.07. The molecule has 0 heterocycles. The lowest BCUT2D eigenvalue weighted by Crippen LogP contribution is -2.39. The SMILES string of the molecule is O=C(NC1CCC1)c1ccc(Cl)c(Br)c1. The number of rotatable bonds is 2. The molecule has 0 aromatic heterocycles. The molecular weight excluding hydrogens is 277 g/mol. The van der Waals surface area contributed by atoms with Crippen molar-refractivity contribution in [2.45, 2.75) is 25.3 Å². The minimum atomic E-state index is -0.0166. The van der Waals surface area contributed by atoms with E-state index in [1.807, 2.05) is 0 Å². The lowest BCUT2D eigenvalue weighted by atomic mass is 9.93. The van der Waals surface area contributed by atoms with Crippen LogP contribution in [0.3, 0.4) is 0 Å². The molecule has 4 heteroatoms. The van der Waals surface area contributed by atoms with Gasteiger partial charge in [-0.25, -0.2) is 0 Å². The predicted octanol–water partition coefficient (Wildman–Crippen LogP) is 3.38. The summed E-state index contributed by atoms with van der Waals surface area (Å²) in [4.78, 5) is 11.7. The summed E-state index contributed by atoms with van der Waals surface area (Å²) in [5.74, 6) is -0.0166. The molecule has 1 aliphatic rings. The summed E-state index contributed by atoms with van der Waals surface area (Å²) < 4.78 is 0.755. The number of benzene rings is 1. The van der Waals surface area contributed by atoms with E-state index in [-0.39, 0.29) is 5.91 Å². The molecule has 2 nitrogen and oxygen atoms in total. The van der Waals surface area contributed by atoms with E-state index >= 15 is 0 Å². The number of hydrogen-bond acceptors (Lipinski definition) is 1. The van der Waals surface area contributed by atoms with Crippen molar-refractivity contribution in [3.05, 3.63) is 33.3 Å². The molecule has 0 unspecified atom stereocenters. The van der Waals surface area contributed by atoms with Crippen LogP contribution in [0.2, 0.25) is 5.02 Å². The van der Waals surface area contributed by atoms with Gasteiger partial charge in [-0.3, -0.25) is 4.79 Å². The molecule has 1 N–H and O–H groups in total. The van der Waals surface area contributed by atoms with Crippen LogP contribution >= 0.6 is 27.5 Å². The zero-order valence-electron chi connectivity index (χ0n) is 8.09. The molecule has 0 atom stereocenters. The van der Waals surface area contributed by atoms with Crippen molar-refractivity contribution in [2.24, 2.45) is 0 Å². The van der Waals surface area contributed by atoms with Gasteiger partial charge in [0.1, 0.15) is 0 Å². The van der Waals surface area contributed by atoms with E-state index < -0.39 is 0 Å². The normalized spacial score (nSPS) is 15.9. The number of carbonyl (C=O) groups excluding carboxylic acids is 1. The second-order valence-electron chi connectivity index (χ2n) is 3.73. The summed E-state index contributed by atoms with van der Waals surface area (Å²) in [6, 6.07) is 5.57. The predicted molar refractivity (Wildman–Crippen MR) is 64.3 cm³/mol. The Morgan fingerprint density at radius 3 is 2.73 bits per heavy atom. The average molecular weight is 289 g/mol. The van der Waals surface area contributed by atoms with E-state index in [1.165, 1.54) is 6.42 Å². The van der Waals surface area contributed by atoms with Crippen molar-refractivity contribution in [1.29, 1.82) is 0 Å². The zero-order valence-corrected chi connectivity index (χ0v) is 10.4. The van der Waals surface area contributed by atoms with Crippen LogP contribution in [0.4, 0.5) is 0 Å². The lowest BCUT2D eigenvalue weighted by molar-refractivity contribution is 0.0917. The van der Waals surface area contributed by atoms with Crippen molar-refractivity contribution in [3.63, 3.8) is 0 Å². The monoisotopic (exact) mass is 287 g/mol. The van der Waals surface area contributed by atoms with Gasteiger partial charge in [0.25, 0.3) is 5.91 Å². The number of halogens is 2. The highest BCUT2D eigenvalue weighted by Gasteiger charge is 2.20. The maximum absolute atomic E-state index is 11.7. The van der Waals surface area contributed by atoms with Crippen LogP contribution in [-0.2, 0) is 0 Å². The quantitative estimate of drug-likeness (QED) is 0.888. The van der Waals surface area contributed by atoms with Gasteiger partial charge in [0.2, 0.25) is 0 Å². The van der Waals surface area contributed by atoms with Crippen LogP contribution in [0, 0.1) is 0 Å².